The number of hydrogen-bond donors (Lipinski definition) is 1. The average Bonchev–Trinajstić information content (AvgIpc) is 3.02. The number of likely N-dealkylation sites (N-methyl/N-ethyl adjacent to an activating group) is 1. The van der Waals surface area contributed by atoms with E-state index in [2.05, 4.69) is 10.4 Å². The Bertz CT molecular complexity index is 699. The molecule has 0 saturated heterocycles. The molecule has 0 saturated carbocycles. The molecule has 0 fully saturated rings. The van der Waals surface area contributed by atoms with Crippen molar-refractivity contribution >= 4 is 23.4 Å². The van der Waals surface area contributed by atoms with Gasteiger partial charge in [0.1, 0.15) is 0 Å². The predicted molar refractivity (Wildman–Crippen MR) is 88.8 cm³/mol. The zero-order chi connectivity index (χ0) is 16.8. The number of nitrogens with one attached hydrogen (secondary N) is 1. The number of nitrogens with zero attached hydrogens (tertiary/aromatic N) is 3. The first kappa shape index (κ1) is 17.0. The van der Waals surface area contributed by atoms with Crippen LogP contribution in [0.25, 0.3) is 5.69 Å². The van der Waals surface area contributed by atoms with Crippen LogP contribution in [0.15, 0.2) is 36.5 Å². The molecule has 1 aromatic heterocycles. The Labute approximate surface area is 140 Å². The molecule has 0 spiro atoms. The predicted octanol–water partition coefficient (Wildman–Crippen LogP) is 2.12. The highest BCUT2D eigenvalue weighted by molar-refractivity contribution is 6.30. The summed E-state index contributed by atoms with van der Waals surface area (Å²) >= 11 is 5.95. The van der Waals surface area contributed by atoms with Gasteiger partial charge in [-0.25, -0.2) is 4.68 Å². The van der Waals surface area contributed by atoms with Crippen LogP contribution in [0.2, 0.25) is 5.02 Å². The molecule has 1 aromatic carbocycles. The SMILES string of the molecule is CCCNC(=O)CN(C)C(=O)c1ccn(-c2cccc(Cl)c2)n1. The van der Waals surface area contributed by atoms with Crippen LogP contribution in [-0.2, 0) is 4.79 Å². The fourth-order valence-corrected chi connectivity index (χ4v) is 2.19. The van der Waals surface area contributed by atoms with Crippen molar-refractivity contribution in [2.24, 2.45) is 0 Å². The lowest BCUT2D eigenvalue weighted by molar-refractivity contribution is -0.121. The zero-order valence-electron chi connectivity index (χ0n) is 13.1. The second kappa shape index (κ2) is 7.78. The molecule has 0 aliphatic carbocycles. The van der Waals surface area contributed by atoms with Crippen LogP contribution in [0.4, 0.5) is 0 Å². The third-order valence-corrected chi connectivity index (χ3v) is 3.42. The number of carbonyl (C=O) groups excluding carboxylic acids is 2. The van der Waals surface area contributed by atoms with Crippen molar-refractivity contribution in [3.63, 3.8) is 0 Å². The lowest BCUT2D eigenvalue weighted by Crippen LogP contribution is -2.38. The first-order valence-electron chi connectivity index (χ1n) is 7.35. The zero-order valence-corrected chi connectivity index (χ0v) is 13.9. The van der Waals surface area contributed by atoms with Crippen molar-refractivity contribution in [3.05, 3.63) is 47.2 Å². The molecule has 0 unspecified atom stereocenters. The summed E-state index contributed by atoms with van der Waals surface area (Å²) in [5, 5.41) is 7.57. The van der Waals surface area contributed by atoms with E-state index in [1.54, 1.807) is 36.1 Å². The van der Waals surface area contributed by atoms with Crippen LogP contribution < -0.4 is 5.32 Å². The van der Waals surface area contributed by atoms with Crippen molar-refractivity contribution in [3.8, 4) is 5.69 Å². The standard InChI is InChI=1S/C16H19ClN4O2/c1-3-8-18-15(22)11-20(2)16(23)14-7-9-21(19-14)13-6-4-5-12(17)10-13/h4-7,9-10H,3,8,11H2,1-2H3,(H,18,22). The number of aromatic nitrogens is 2. The van der Waals surface area contributed by atoms with Gasteiger partial charge in [-0.15, -0.1) is 0 Å². The van der Waals surface area contributed by atoms with E-state index < -0.39 is 0 Å². The maximum atomic E-state index is 12.3. The van der Waals surface area contributed by atoms with E-state index in [-0.39, 0.29) is 24.1 Å². The molecular weight excluding hydrogens is 316 g/mol. The smallest absolute Gasteiger partial charge is 0.274 e. The van der Waals surface area contributed by atoms with Gasteiger partial charge in [0.15, 0.2) is 5.69 Å². The first-order valence-corrected chi connectivity index (χ1v) is 7.73. The van der Waals surface area contributed by atoms with Crippen LogP contribution >= 0.6 is 11.6 Å². The molecule has 6 nitrogen and oxygen atoms in total. The Morgan fingerprint density at radius 1 is 1.35 bits per heavy atom. The second-order valence-corrected chi connectivity index (χ2v) is 5.57. The Balaban J connectivity index is 2.04. The van der Waals surface area contributed by atoms with Crippen molar-refractivity contribution in [1.82, 2.24) is 20.0 Å². The van der Waals surface area contributed by atoms with Gasteiger partial charge in [-0.3, -0.25) is 9.59 Å². The van der Waals surface area contributed by atoms with Crippen molar-refractivity contribution < 1.29 is 9.59 Å². The maximum Gasteiger partial charge on any atom is 0.274 e. The molecule has 0 aliphatic heterocycles. The monoisotopic (exact) mass is 334 g/mol. The number of hydrogen-bond acceptors (Lipinski definition) is 3. The topological polar surface area (TPSA) is 67.2 Å². The van der Waals surface area contributed by atoms with Crippen LogP contribution in [0, 0.1) is 0 Å². The highest BCUT2D eigenvalue weighted by Gasteiger charge is 2.17. The number of carbonyl (C=O) groups is 2. The molecule has 1 N–H and O–H groups in total. The normalized spacial score (nSPS) is 10.4. The van der Waals surface area contributed by atoms with E-state index in [4.69, 9.17) is 11.6 Å². The number of halogens is 1. The van der Waals surface area contributed by atoms with Crippen LogP contribution in [0.1, 0.15) is 23.8 Å². The highest BCUT2D eigenvalue weighted by Crippen LogP contribution is 2.14. The summed E-state index contributed by atoms with van der Waals surface area (Å²) in [7, 11) is 1.58. The summed E-state index contributed by atoms with van der Waals surface area (Å²) in [5.41, 5.74) is 1.04. The maximum absolute atomic E-state index is 12.3. The molecule has 122 valence electrons. The van der Waals surface area contributed by atoms with Gasteiger partial charge >= 0.3 is 0 Å². The van der Waals surface area contributed by atoms with Crippen molar-refractivity contribution in [2.45, 2.75) is 13.3 Å². The summed E-state index contributed by atoms with van der Waals surface area (Å²) in [6.07, 6.45) is 2.54. The van der Waals surface area contributed by atoms with Crippen molar-refractivity contribution in [1.29, 1.82) is 0 Å². The summed E-state index contributed by atoms with van der Waals surface area (Å²) in [6.45, 7) is 2.57. The van der Waals surface area contributed by atoms with Gasteiger partial charge in [0.05, 0.1) is 12.2 Å². The molecule has 0 atom stereocenters. The van der Waals surface area contributed by atoms with Crippen LogP contribution in [0.3, 0.4) is 0 Å². The molecule has 0 radical (unpaired) electrons. The quantitative estimate of drug-likeness (QED) is 0.880. The Kier molecular flexibility index (Phi) is 5.76. The fraction of sp³-hybridized carbons (Fsp3) is 0.312. The van der Waals surface area contributed by atoms with Gasteiger partial charge in [0.25, 0.3) is 5.91 Å². The van der Waals surface area contributed by atoms with Gasteiger partial charge < -0.3 is 10.2 Å². The lowest BCUT2D eigenvalue weighted by Gasteiger charge is -2.15. The lowest BCUT2D eigenvalue weighted by atomic mass is 10.3. The minimum absolute atomic E-state index is 0.00284. The molecule has 7 heteroatoms. The van der Waals surface area contributed by atoms with Gasteiger partial charge in [0.2, 0.25) is 5.91 Å². The molecule has 0 aliphatic rings. The molecule has 2 amide bonds. The Hall–Kier alpha value is -2.34. The minimum atomic E-state index is -0.308. The van der Waals surface area contributed by atoms with Crippen LogP contribution in [-0.4, -0.2) is 46.6 Å². The van der Waals surface area contributed by atoms with E-state index in [0.29, 0.717) is 11.6 Å². The number of benzene rings is 1. The molecule has 1 heterocycles. The number of rotatable bonds is 6. The van der Waals surface area contributed by atoms with Gasteiger partial charge in [-0.1, -0.05) is 24.6 Å². The number of amides is 2. The highest BCUT2D eigenvalue weighted by atomic mass is 35.5. The Morgan fingerprint density at radius 3 is 2.83 bits per heavy atom. The van der Waals surface area contributed by atoms with E-state index in [1.807, 2.05) is 19.1 Å². The summed E-state index contributed by atoms with van der Waals surface area (Å²) < 4.78 is 1.57. The third kappa shape index (κ3) is 4.56. The summed E-state index contributed by atoms with van der Waals surface area (Å²) in [4.78, 5) is 25.3. The third-order valence-electron chi connectivity index (χ3n) is 3.18. The molecular formula is C16H19ClN4O2. The van der Waals surface area contributed by atoms with E-state index in [9.17, 15) is 9.59 Å². The average molecular weight is 335 g/mol. The summed E-state index contributed by atoms with van der Waals surface area (Å²) in [6, 6.07) is 8.79. The van der Waals surface area contributed by atoms with E-state index >= 15 is 0 Å². The van der Waals surface area contributed by atoms with Gasteiger partial charge in [0, 0.05) is 24.8 Å². The van der Waals surface area contributed by atoms with Gasteiger partial charge in [-0.2, -0.15) is 5.10 Å². The molecule has 2 rings (SSSR count). The fourth-order valence-electron chi connectivity index (χ4n) is 2.00. The van der Waals surface area contributed by atoms with Crippen LogP contribution in [0.5, 0.6) is 0 Å². The minimum Gasteiger partial charge on any atom is -0.355 e. The molecule has 0 bridgehead atoms. The largest absolute Gasteiger partial charge is 0.355 e. The van der Waals surface area contributed by atoms with E-state index in [0.717, 1.165) is 12.1 Å². The molecule has 2 aromatic rings. The summed E-state index contributed by atoms with van der Waals surface area (Å²) in [5.74, 6) is -0.491. The second-order valence-electron chi connectivity index (χ2n) is 5.14. The van der Waals surface area contributed by atoms with E-state index in [1.165, 1.54) is 4.90 Å². The molecule has 23 heavy (non-hydrogen) atoms. The van der Waals surface area contributed by atoms with Crippen molar-refractivity contribution in [2.75, 3.05) is 20.1 Å². The van der Waals surface area contributed by atoms with Gasteiger partial charge in [-0.05, 0) is 30.7 Å². The Morgan fingerprint density at radius 2 is 2.13 bits per heavy atom. The first-order chi connectivity index (χ1) is 11.0.